The Balaban J connectivity index is 1.52. The molecule has 0 bridgehead atoms. The highest BCUT2D eigenvalue weighted by atomic mass is 19.1. The second kappa shape index (κ2) is 12.1. The van der Waals surface area contributed by atoms with Gasteiger partial charge in [0.25, 0.3) is 5.91 Å². The monoisotopic (exact) mass is 522 g/mol. The van der Waals surface area contributed by atoms with Crippen LogP contribution in [0.4, 0.5) is 4.39 Å². The molecule has 0 radical (unpaired) electrons. The van der Waals surface area contributed by atoms with E-state index in [1.165, 1.54) is 0 Å². The maximum atomic E-state index is 14.7. The first-order valence-electron chi connectivity index (χ1n) is 12.3. The fourth-order valence-corrected chi connectivity index (χ4v) is 4.60. The van der Waals surface area contributed by atoms with Crippen molar-refractivity contribution >= 4 is 28.4 Å². The Morgan fingerprint density at radius 3 is 2.53 bits per heavy atom. The molecule has 0 saturated heterocycles. The van der Waals surface area contributed by atoms with Crippen LogP contribution in [0.15, 0.2) is 65.9 Å². The molecule has 0 fully saturated rings. The third-order valence-electron chi connectivity index (χ3n) is 6.54. The highest BCUT2D eigenvalue weighted by Gasteiger charge is 2.27. The third kappa shape index (κ3) is 5.79. The highest BCUT2D eigenvalue weighted by Crippen LogP contribution is 2.34. The molecule has 38 heavy (non-hydrogen) atoms. The number of para-hydroxylation sites is 1. The van der Waals surface area contributed by atoms with E-state index in [1.54, 1.807) is 50.6 Å². The van der Waals surface area contributed by atoms with Crippen LogP contribution in [0.25, 0.3) is 16.5 Å². The molecule has 8 nitrogen and oxygen atoms in total. The summed E-state index contributed by atoms with van der Waals surface area (Å²) in [5, 5.41) is 12.4. The van der Waals surface area contributed by atoms with Gasteiger partial charge < -0.3 is 29.6 Å². The van der Waals surface area contributed by atoms with Gasteiger partial charge in [0.15, 0.2) is 5.82 Å². The number of ether oxygens (including phenoxy) is 3. The van der Waals surface area contributed by atoms with Gasteiger partial charge in [-0.25, -0.2) is 9.18 Å². The second-order valence-electron chi connectivity index (χ2n) is 8.98. The van der Waals surface area contributed by atoms with Gasteiger partial charge in [-0.1, -0.05) is 36.4 Å². The number of amides is 1. The summed E-state index contributed by atoms with van der Waals surface area (Å²) in [5.74, 6) is -2.08. The van der Waals surface area contributed by atoms with Gasteiger partial charge in [0.05, 0.1) is 19.8 Å². The standard InChI is InChI=1S/C29H31FN2O6/c1-4-38-16-18-14-23(36-2)25(24(15-18)37-3)19-11-9-17(10-12-19)13-22(29(34)35)32-28(33)27-26(30)20-7-5-6-8-21(20)31-27/h5-12,14,22,24,31H,4,13,15-16H2,1-3H3,(H,32,33)(H,34,35)/t22-,24?/m0/s1. The lowest BCUT2D eigenvalue weighted by atomic mass is 9.88. The number of aromatic nitrogens is 1. The van der Waals surface area contributed by atoms with E-state index in [1.807, 2.05) is 25.1 Å². The predicted octanol–water partition coefficient (Wildman–Crippen LogP) is 4.47. The van der Waals surface area contributed by atoms with Crippen LogP contribution in [-0.2, 0) is 25.4 Å². The first-order valence-corrected chi connectivity index (χ1v) is 12.3. The van der Waals surface area contributed by atoms with Gasteiger partial charge in [-0.3, -0.25) is 4.79 Å². The van der Waals surface area contributed by atoms with Crippen molar-refractivity contribution in [2.24, 2.45) is 0 Å². The summed E-state index contributed by atoms with van der Waals surface area (Å²) >= 11 is 0. The fraction of sp³-hybridized carbons (Fsp3) is 0.310. The molecule has 0 aliphatic heterocycles. The lowest BCUT2D eigenvalue weighted by Crippen LogP contribution is -2.42. The van der Waals surface area contributed by atoms with Crippen LogP contribution in [-0.4, -0.2) is 61.5 Å². The van der Waals surface area contributed by atoms with Crippen molar-refractivity contribution in [3.63, 3.8) is 0 Å². The van der Waals surface area contributed by atoms with Crippen LogP contribution in [0.2, 0.25) is 0 Å². The summed E-state index contributed by atoms with van der Waals surface area (Å²) in [6.07, 6.45) is 2.42. The maximum absolute atomic E-state index is 14.7. The quantitative estimate of drug-likeness (QED) is 0.343. The SMILES string of the molecule is CCOCC1=CC(OC)=C(c2ccc(C[C@H](NC(=O)c3[nH]c4ccccc4c3F)C(=O)O)cc2)C(OC)C1. The number of hydrogen-bond acceptors (Lipinski definition) is 5. The minimum Gasteiger partial charge on any atom is -0.496 e. The summed E-state index contributed by atoms with van der Waals surface area (Å²) < 4.78 is 31.7. The summed E-state index contributed by atoms with van der Waals surface area (Å²) in [6.45, 7) is 3.06. The van der Waals surface area contributed by atoms with Crippen molar-refractivity contribution in [2.45, 2.75) is 31.9 Å². The van der Waals surface area contributed by atoms with E-state index in [0.29, 0.717) is 36.5 Å². The summed E-state index contributed by atoms with van der Waals surface area (Å²) in [5.41, 5.74) is 3.68. The minimum atomic E-state index is -1.25. The average molecular weight is 523 g/mol. The van der Waals surface area contributed by atoms with Crippen LogP contribution < -0.4 is 5.32 Å². The first-order chi connectivity index (χ1) is 18.4. The van der Waals surface area contributed by atoms with Crippen LogP contribution in [0.5, 0.6) is 0 Å². The number of rotatable bonds is 11. The number of halogens is 1. The molecule has 1 unspecified atom stereocenters. The summed E-state index contributed by atoms with van der Waals surface area (Å²) in [4.78, 5) is 27.4. The van der Waals surface area contributed by atoms with Crippen molar-refractivity contribution < 1.29 is 33.3 Å². The van der Waals surface area contributed by atoms with Gasteiger partial charge >= 0.3 is 5.97 Å². The Morgan fingerprint density at radius 1 is 1.16 bits per heavy atom. The summed E-state index contributed by atoms with van der Waals surface area (Å²) in [6, 6.07) is 12.7. The lowest BCUT2D eigenvalue weighted by molar-refractivity contribution is -0.139. The number of fused-ring (bicyclic) bond motifs is 1. The zero-order valence-electron chi connectivity index (χ0n) is 21.5. The minimum absolute atomic E-state index is 0.0193. The molecule has 200 valence electrons. The molecule has 2 aromatic carbocycles. The molecule has 1 aliphatic carbocycles. The van der Waals surface area contributed by atoms with Gasteiger partial charge in [-0.05, 0) is 41.8 Å². The molecular weight excluding hydrogens is 491 g/mol. The van der Waals surface area contributed by atoms with Crippen molar-refractivity contribution in [1.82, 2.24) is 10.3 Å². The zero-order valence-corrected chi connectivity index (χ0v) is 21.5. The van der Waals surface area contributed by atoms with Gasteiger partial charge in [-0.15, -0.1) is 0 Å². The number of hydrogen-bond donors (Lipinski definition) is 3. The number of carbonyl (C=O) groups excluding carboxylic acids is 1. The van der Waals surface area contributed by atoms with E-state index >= 15 is 0 Å². The molecule has 1 heterocycles. The molecule has 1 aromatic heterocycles. The van der Waals surface area contributed by atoms with Crippen molar-refractivity contribution in [1.29, 1.82) is 0 Å². The molecule has 1 aliphatic rings. The van der Waals surface area contributed by atoms with Gasteiger partial charge in [0.1, 0.15) is 17.5 Å². The van der Waals surface area contributed by atoms with E-state index in [2.05, 4.69) is 10.3 Å². The third-order valence-corrected chi connectivity index (χ3v) is 6.54. The van der Waals surface area contributed by atoms with Crippen LogP contribution in [0.3, 0.4) is 0 Å². The Bertz CT molecular complexity index is 1380. The van der Waals surface area contributed by atoms with Crippen LogP contribution in [0.1, 0.15) is 35.0 Å². The van der Waals surface area contributed by atoms with E-state index in [0.717, 1.165) is 16.7 Å². The smallest absolute Gasteiger partial charge is 0.326 e. The number of benzene rings is 2. The molecule has 4 rings (SSSR count). The van der Waals surface area contributed by atoms with Crippen LogP contribution >= 0.6 is 0 Å². The molecule has 0 saturated carbocycles. The van der Waals surface area contributed by atoms with Gasteiger partial charge in [-0.2, -0.15) is 0 Å². The Kier molecular flexibility index (Phi) is 8.60. The number of carbonyl (C=O) groups is 2. The van der Waals surface area contributed by atoms with E-state index in [4.69, 9.17) is 14.2 Å². The number of carboxylic acids is 1. The number of aliphatic carboxylic acids is 1. The Hall–Kier alpha value is -3.95. The Labute approximate surface area is 220 Å². The topological polar surface area (TPSA) is 110 Å². The molecule has 1 amide bonds. The fourth-order valence-electron chi connectivity index (χ4n) is 4.60. The molecule has 0 spiro atoms. The normalized spacial score (nSPS) is 16.3. The Morgan fingerprint density at radius 2 is 1.89 bits per heavy atom. The molecule has 9 heteroatoms. The second-order valence-corrected chi connectivity index (χ2v) is 8.98. The van der Waals surface area contributed by atoms with E-state index in [9.17, 15) is 19.1 Å². The van der Waals surface area contributed by atoms with E-state index < -0.39 is 23.7 Å². The highest BCUT2D eigenvalue weighted by molar-refractivity contribution is 6.00. The number of carboxylic acid groups (broad SMARTS) is 1. The molecule has 2 atom stereocenters. The van der Waals surface area contributed by atoms with Crippen molar-refractivity contribution in [3.8, 4) is 0 Å². The zero-order chi connectivity index (χ0) is 27.2. The largest absolute Gasteiger partial charge is 0.496 e. The number of methoxy groups -OCH3 is 2. The van der Waals surface area contributed by atoms with Gasteiger partial charge in [0, 0.05) is 43.0 Å². The molecule has 3 N–H and O–H groups in total. The predicted molar refractivity (Wildman–Crippen MR) is 141 cm³/mol. The first kappa shape index (κ1) is 27.1. The van der Waals surface area contributed by atoms with Gasteiger partial charge in [0.2, 0.25) is 0 Å². The molecule has 3 aromatic rings. The number of nitrogens with one attached hydrogen (secondary N) is 2. The molecular formula is C29H31FN2O6. The van der Waals surface area contributed by atoms with Crippen molar-refractivity contribution in [3.05, 3.63) is 88.6 Å². The number of allylic oxidation sites excluding steroid dienone is 1. The number of H-pyrrole nitrogens is 1. The lowest BCUT2D eigenvalue weighted by Gasteiger charge is -2.27. The number of aromatic amines is 1. The van der Waals surface area contributed by atoms with Crippen LogP contribution in [0, 0.1) is 5.82 Å². The van der Waals surface area contributed by atoms with Crippen molar-refractivity contribution in [2.75, 3.05) is 27.4 Å². The maximum Gasteiger partial charge on any atom is 0.326 e. The van der Waals surface area contributed by atoms with E-state index in [-0.39, 0.29) is 23.6 Å². The average Bonchev–Trinajstić information content (AvgIpc) is 3.27. The summed E-state index contributed by atoms with van der Waals surface area (Å²) in [7, 11) is 3.25.